The van der Waals surface area contributed by atoms with E-state index in [4.69, 9.17) is 4.74 Å². The topological polar surface area (TPSA) is 90.2 Å². The van der Waals surface area contributed by atoms with Crippen LogP contribution < -0.4 is 4.90 Å². The Balaban J connectivity index is 1.66. The molecule has 23 heavy (non-hydrogen) atoms. The molecule has 0 spiro atoms. The molecule has 0 aromatic carbocycles. The standard InChI is InChI=1S/C14H25N5O3S/c1-23(20,21)13-3-2-7-18(8-4-13)14-15-16-17-19(14)11-12-5-9-22-10-6-12/h12-13H,2-11H2,1H3. The van der Waals surface area contributed by atoms with Gasteiger partial charge in [-0.3, -0.25) is 0 Å². The van der Waals surface area contributed by atoms with Crippen LogP contribution in [0.25, 0.3) is 0 Å². The summed E-state index contributed by atoms with van der Waals surface area (Å²) in [6, 6.07) is 0. The van der Waals surface area contributed by atoms with E-state index in [0.29, 0.717) is 18.9 Å². The smallest absolute Gasteiger partial charge is 0.245 e. The maximum Gasteiger partial charge on any atom is 0.245 e. The first kappa shape index (κ1) is 16.6. The summed E-state index contributed by atoms with van der Waals surface area (Å²) in [6.45, 7) is 3.91. The van der Waals surface area contributed by atoms with Crippen molar-refractivity contribution in [3.8, 4) is 0 Å². The van der Waals surface area contributed by atoms with Crippen molar-refractivity contribution in [3.05, 3.63) is 0 Å². The monoisotopic (exact) mass is 343 g/mol. The molecular weight excluding hydrogens is 318 g/mol. The predicted molar refractivity (Wildman–Crippen MR) is 86.1 cm³/mol. The number of aromatic nitrogens is 4. The van der Waals surface area contributed by atoms with Gasteiger partial charge >= 0.3 is 0 Å². The van der Waals surface area contributed by atoms with Crippen molar-refractivity contribution in [1.29, 1.82) is 0 Å². The molecule has 2 aliphatic heterocycles. The summed E-state index contributed by atoms with van der Waals surface area (Å²) in [5.74, 6) is 1.31. The Bertz CT molecular complexity index is 612. The lowest BCUT2D eigenvalue weighted by Crippen LogP contribution is -2.30. The zero-order chi connectivity index (χ0) is 16.3. The highest BCUT2D eigenvalue weighted by atomic mass is 32.2. The highest BCUT2D eigenvalue weighted by Gasteiger charge is 2.27. The third-order valence-corrected chi connectivity index (χ3v) is 6.53. The Kier molecular flexibility index (Phi) is 5.15. The first-order valence-electron chi connectivity index (χ1n) is 8.32. The van der Waals surface area contributed by atoms with E-state index in [1.54, 1.807) is 0 Å². The van der Waals surface area contributed by atoms with Crippen molar-refractivity contribution < 1.29 is 13.2 Å². The second kappa shape index (κ2) is 7.12. The van der Waals surface area contributed by atoms with Crippen molar-refractivity contribution in [1.82, 2.24) is 20.2 Å². The molecule has 1 aromatic rings. The van der Waals surface area contributed by atoms with Crippen LogP contribution in [-0.4, -0.2) is 66.4 Å². The van der Waals surface area contributed by atoms with Gasteiger partial charge in [-0.05, 0) is 48.4 Å². The van der Waals surface area contributed by atoms with Crippen LogP contribution in [0.5, 0.6) is 0 Å². The molecule has 2 fully saturated rings. The normalized spacial score (nSPS) is 24.6. The summed E-state index contributed by atoms with van der Waals surface area (Å²) in [7, 11) is -2.97. The molecule has 2 saturated heterocycles. The van der Waals surface area contributed by atoms with Gasteiger partial charge in [0, 0.05) is 39.1 Å². The van der Waals surface area contributed by atoms with E-state index in [2.05, 4.69) is 20.4 Å². The molecule has 8 nitrogen and oxygen atoms in total. The van der Waals surface area contributed by atoms with Crippen molar-refractivity contribution in [2.24, 2.45) is 5.92 Å². The molecule has 0 radical (unpaired) electrons. The second-order valence-electron chi connectivity index (χ2n) is 6.59. The van der Waals surface area contributed by atoms with Crippen molar-refractivity contribution in [3.63, 3.8) is 0 Å². The van der Waals surface area contributed by atoms with Crippen LogP contribution in [0.1, 0.15) is 32.1 Å². The molecule has 0 N–H and O–H groups in total. The maximum atomic E-state index is 11.8. The van der Waals surface area contributed by atoms with Gasteiger partial charge in [0.2, 0.25) is 5.95 Å². The van der Waals surface area contributed by atoms with E-state index in [1.807, 2.05) is 4.68 Å². The Morgan fingerprint density at radius 3 is 2.70 bits per heavy atom. The lowest BCUT2D eigenvalue weighted by molar-refractivity contribution is 0.0601. The summed E-state index contributed by atoms with van der Waals surface area (Å²) in [5, 5.41) is 11.9. The molecule has 0 aliphatic carbocycles. The number of ether oxygens (including phenoxy) is 1. The summed E-state index contributed by atoms with van der Waals surface area (Å²) >= 11 is 0. The molecule has 1 aromatic heterocycles. The molecular formula is C14H25N5O3S. The van der Waals surface area contributed by atoms with Crippen molar-refractivity contribution in [2.75, 3.05) is 37.5 Å². The number of hydrogen-bond donors (Lipinski definition) is 0. The Labute approximate surface area is 137 Å². The minimum atomic E-state index is -2.97. The molecule has 1 unspecified atom stereocenters. The van der Waals surface area contributed by atoms with Gasteiger partial charge in [-0.1, -0.05) is 5.10 Å². The fraction of sp³-hybridized carbons (Fsp3) is 0.929. The molecule has 3 rings (SSSR count). The number of anilines is 1. The third-order valence-electron chi connectivity index (χ3n) is 4.85. The molecule has 9 heteroatoms. The van der Waals surface area contributed by atoms with Crippen molar-refractivity contribution in [2.45, 2.75) is 43.9 Å². The van der Waals surface area contributed by atoms with Gasteiger partial charge in [0.1, 0.15) is 9.84 Å². The predicted octanol–water partition coefficient (Wildman–Crippen LogP) is 0.503. The van der Waals surface area contributed by atoms with Crippen LogP contribution in [0.4, 0.5) is 5.95 Å². The van der Waals surface area contributed by atoms with Gasteiger partial charge in [-0.2, -0.15) is 0 Å². The summed E-state index contributed by atoms with van der Waals surface area (Å²) in [6.07, 6.45) is 5.62. The summed E-state index contributed by atoms with van der Waals surface area (Å²) < 4.78 is 30.8. The first-order chi connectivity index (χ1) is 11.0. The minimum Gasteiger partial charge on any atom is -0.381 e. The number of rotatable bonds is 4. The lowest BCUT2D eigenvalue weighted by atomic mass is 10.0. The highest BCUT2D eigenvalue weighted by molar-refractivity contribution is 7.91. The Hall–Kier alpha value is -1.22. The number of sulfone groups is 1. The third kappa shape index (κ3) is 4.20. The summed E-state index contributed by atoms with van der Waals surface area (Å²) in [5.41, 5.74) is 0. The van der Waals surface area contributed by atoms with Crippen molar-refractivity contribution >= 4 is 15.8 Å². The molecule has 3 heterocycles. The number of nitrogens with zero attached hydrogens (tertiary/aromatic N) is 5. The number of tetrazole rings is 1. The minimum absolute atomic E-state index is 0.243. The average Bonchev–Trinajstić information content (AvgIpc) is 2.82. The van der Waals surface area contributed by atoms with Crippen LogP contribution in [0.2, 0.25) is 0 Å². The van der Waals surface area contributed by atoms with E-state index in [1.165, 1.54) is 6.26 Å². The quantitative estimate of drug-likeness (QED) is 0.786. The van der Waals surface area contributed by atoms with Crippen LogP contribution >= 0.6 is 0 Å². The van der Waals surface area contributed by atoms with Gasteiger partial charge in [0.05, 0.1) is 5.25 Å². The largest absolute Gasteiger partial charge is 0.381 e. The van der Waals surface area contributed by atoms with Gasteiger partial charge in [-0.15, -0.1) is 0 Å². The van der Waals surface area contributed by atoms with Crippen LogP contribution in [0, 0.1) is 5.92 Å². The molecule has 0 amide bonds. The maximum absolute atomic E-state index is 11.8. The zero-order valence-electron chi connectivity index (χ0n) is 13.6. The van der Waals surface area contributed by atoms with E-state index in [0.717, 1.165) is 57.9 Å². The Morgan fingerprint density at radius 2 is 1.96 bits per heavy atom. The SMILES string of the molecule is CS(=O)(=O)C1CCCN(c2nnnn2CC2CCOCC2)CC1. The molecule has 0 bridgehead atoms. The van der Waals surface area contributed by atoms with Gasteiger partial charge in [-0.25, -0.2) is 13.1 Å². The molecule has 0 saturated carbocycles. The van der Waals surface area contributed by atoms with Gasteiger partial charge in [0.15, 0.2) is 0 Å². The second-order valence-corrected chi connectivity index (χ2v) is 8.91. The summed E-state index contributed by atoms with van der Waals surface area (Å²) in [4.78, 5) is 2.13. The van der Waals surface area contributed by atoms with E-state index in [-0.39, 0.29) is 5.25 Å². The van der Waals surface area contributed by atoms with Gasteiger partial charge < -0.3 is 9.64 Å². The van der Waals surface area contributed by atoms with E-state index >= 15 is 0 Å². The van der Waals surface area contributed by atoms with Crippen LogP contribution in [-0.2, 0) is 21.1 Å². The molecule has 2 aliphatic rings. The van der Waals surface area contributed by atoms with E-state index < -0.39 is 9.84 Å². The molecule has 130 valence electrons. The zero-order valence-corrected chi connectivity index (χ0v) is 14.4. The molecule has 1 atom stereocenters. The van der Waals surface area contributed by atoms with Crippen LogP contribution in [0.15, 0.2) is 0 Å². The number of hydrogen-bond acceptors (Lipinski definition) is 7. The fourth-order valence-electron chi connectivity index (χ4n) is 3.41. The van der Waals surface area contributed by atoms with E-state index in [9.17, 15) is 8.42 Å². The first-order valence-corrected chi connectivity index (χ1v) is 10.3. The fourth-order valence-corrected chi connectivity index (χ4v) is 4.54. The van der Waals surface area contributed by atoms with Gasteiger partial charge in [0.25, 0.3) is 0 Å². The van der Waals surface area contributed by atoms with Crippen LogP contribution in [0.3, 0.4) is 0 Å². The average molecular weight is 343 g/mol. The Morgan fingerprint density at radius 1 is 1.17 bits per heavy atom. The highest BCUT2D eigenvalue weighted by Crippen LogP contribution is 2.23. The lowest BCUT2D eigenvalue weighted by Gasteiger charge is -2.25.